The fraction of sp³-hybridized carbons (Fsp3) is 0.391. The van der Waals surface area contributed by atoms with E-state index in [-0.39, 0.29) is 0 Å². The summed E-state index contributed by atoms with van der Waals surface area (Å²) in [5.74, 6) is 0. The second-order valence-corrected chi connectivity index (χ2v) is 6.95. The average Bonchev–Trinajstić information content (AvgIpc) is 2.56. The molecule has 0 aromatic rings. The number of hydrogen-bond acceptors (Lipinski definition) is 2. The van der Waals surface area contributed by atoms with Crippen molar-refractivity contribution < 1.29 is 0 Å². The number of rotatable bonds is 4. The van der Waals surface area contributed by atoms with Crippen molar-refractivity contribution >= 4 is 11.4 Å². The summed E-state index contributed by atoms with van der Waals surface area (Å²) in [5, 5.41) is 0. The Morgan fingerprint density at radius 3 is 1.64 bits per heavy atom. The molecule has 1 rings (SSSR count). The van der Waals surface area contributed by atoms with Gasteiger partial charge in [0.15, 0.2) is 0 Å². The van der Waals surface area contributed by atoms with E-state index in [2.05, 4.69) is 88.8 Å². The van der Waals surface area contributed by atoms with Gasteiger partial charge in [-0.05, 0) is 71.3 Å². The van der Waals surface area contributed by atoms with Crippen LogP contribution in [0.3, 0.4) is 0 Å². The highest BCUT2D eigenvalue weighted by atomic mass is 14.8. The lowest BCUT2D eigenvalue weighted by molar-refractivity contribution is 1.29. The molecule has 0 saturated carbocycles. The summed E-state index contributed by atoms with van der Waals surface area (Å²) in [5.41, 5.74) is 10.5. The third-order valence-corrected chi connectivity index (χ3v) is 4.07. The van der Waals surface area contributed by atoms with E-state index >= 15 is 0 Å². The number of aliphatic imine (C=N–C) groups is 2. The first-order valence-electron chi connectivity index (χ1n) is 8.74. The van der Waals surface area contributed by atoms with Crippen LogP contribution in [-0.2, 0) is 0 Å². The zero-order chi connectivity index (χ0) is 19.1. The highest BCUT2D eigenvalue weighted by molar-refractivity contribution is 6.56. The Kier molecular flexibility index (Phi) is 7.76. The Hall–Kier alpha value is -2.22. The molecule has 134 valence electrons. The zero-order valence-electron chi connectivity index (χ0n) is 17.3. The molecule has 2 nitrogen and oxygen atoms in total. The molecule has 0 saturated heterocycles. The highest BCUT2D eigenvalue weighted by Crippen LogP contribution is 2.29. The van der Waals surface area contributed by atoms with E-state index in [0.717, 1.165) is 17.0 Å². The smallest absolute Gasteiger partial charge is 0.0906 e. The predicted octanol–water partition coefficient (Wildman–Crippen LogP) is 6.21. The maximum Gasteiger partial charge on any atom is 0.0906 e. The molecule has 1 aliphatic rings. The van der Waals surface area contributed by atoms with Crippen LogP contribution in [0.5, 0.6) is 0 Å². The Morgan fingerprint density at radius 1 is 0.720 bits per heavy atom. The van der Waals surface area contributed by atoms with Gasteiger partial charge in [0.25, 0.3) is 0 Å². The van der Waals surface area contributed by atoms with E-state index in [1.54, 1.807) is 0 Å². The van der Waals surface area contributed by atoms with Crippen LogP contribution in [0.25, 0.3) is 0 Å². The van der Waals surface area contributed by atoms with Gasteiger partial charge in [0.05, 0.1) is 11.4 Å². The van der Waals surface area contributed by atoms with Crippen LogP contribution in [0.4, 0.5) is 0 Å². The molecule has 0 fully saturated rings. The monoisotopic (exact) mass is 336 g/mol. The first kappa shape index (κ1) is 20.8. The Bertz CT molecular complexity index is 765. The lowest BCUT2D eigenvalue weighted by atomic mass is 9.83. The largest absolute Gasteiger partial charge is 0.286 e. The van der Waals surface area contributed by atoms with E-state index in [4.69, 9.17) is 0 Å². The van der Waals surface area contributed by atoms with Gasteiger partial charge in [-0.3, -0.25) is 9.98 Å². The van der Waals surface area contributed by atoms with E-state index in [1.165, 1.54) is 33.4 Å². The van der Waals surface area contributed by atoms with Crippen LogP contribution in [0, 0.1) is 0 Å². The second kappa shape index (κ2) is 9.31. The molecule has 0 aromatic carbocycles. The molecule has 0 aliphatic heterocycles. The van der Waals surface area contributed by atoms with Gasteiger partial charge in [0, 0.05) is 25.2 Å². The molecule has 0 bridgehead atoms. The van der Waals surface area contributed by atoms with E-state index in [0.29, 0.717) is 0 Å². The van der Waals surface area contributed by atoms with Crippen molar-refractivity contribution in [3.05, 3.63) is 69.4 Å². The van der Waals surface area contributed by atoms with Gasteiger partial charge in [-0.15, -0.1) is 0 Å². The van der Waals surface area contributed by atoms with Gasteiger partial charge in [-0.2, -0.15) is 0 Å². The third kappa shape index (κ3) is 5.38. The zero-order valence-corrected chi connectivity index (χ0v) is 17.3. The quantitative estimate of drug-likeness (QED) is 0.431. The molecule has 0 radical (unpaired) electrons. The standard InChI is InChI=1S/C23H32N2/c1-15(2)10-12-17(5)20-14-19(7)21(18(6)13-11-16(3)4)23(25-9)22(20)24-8/h10-14H,1-9H3/b17-12+,18-13+,24-22-,25-23-. The summed E-state index contributed by atoms with van der Waals surface area (Å²) in [6, 6.07) is 0. The van der Waals surface area contributed by atoms with Gasteiger partial charge in [0.1, 0.15) is 0 Å². The van der Waals surface area contributed by atoms with E-state index in [9.17, 15) is 0 Å². The number of nitrogens with zero attached hydrogens (tertiary/aromatic N) is 2. The van der Waals surface area contributed by atoms with Crippen LogP contribution in [0.1, 0.15) is 48.5 Å². The predicted molar refractivity (Wildman–Crippen MR) is 114 cm³/mol. The lowest BCUT2D eigenvalue weighted by Gasteiger charge is -2.23. The van der Waals surface area contributed by atoms with Crippen molar-refractivity contribution in [2.45, 2.75) is 48.5 Å². The molecule has 0 heterocycles. The summed E-state index contributed by atoms with van der Waals surface area (Å²) >= 11 is 0. The normalized spacial score (nSPS) is 19.3. The number of hydrogen-bond donors (Lipinski definition) is 0. The molecule has 0 unspecified atom stereocenters. The third-order valence-electron chi connectivity index (χ3n) is 4.07. The van der Waals surface area contributed by atoms with Crippen LogP contribution in [0.15, 0.2) is 79.4 Å². The molecule has 0 spiro atoms. The fourth-order valence-electron chi connectivity index (χ4n) is 2.79. The maximum atomic E-state index is 4.59. The lowest BCUT2D eigenvalue weighted by Crippen LogP contribution is -2.25. The molecule has 25 heavy (non-hydrogen) atoms. The van der Waals surface area contributed by atoms with Crippen molar-refractivity contribution in [3.63, 3.8) is 0 Å². The molecule has 1 aliphatic carbocycles. The first-order chi connectivity index (χ1) is 11.7. The van der Waals surface area contributed by atoms with Gasteiger partial charge >= 0.3 is 0 Å². The highest BCUT2D eigenvalue weighted by Gasteiger charge is 2.25. The molecule has 0 amide bonds. The van der Waals surface area contributed by atoms with E-state index in [1.807, 2.05) is 14.1 Å². The van der Waals surface area contributed by atoms with Crippen molar-refractivity contribution in [1.29, 1.82) is 0 Å². The SMILES string of the molecule is C/N=C1/C(/C(C)=C/C=C(C)C)=CC(C)=C(/C(C)=C/C=C(C)C)/C1=N/C. The Labute approximate surface area is 153 Å². The van der Waals surface area contributed by atoms with Gasteiger partial charge in [-0.1, -0.05) is 35.5 Å². The van der Waals surface area contributed by atoms with Crippen LogP contribution >= 0.6 is 0 Å². The van der Waals surface area contributed by atoms with Crippen LogP contribution in [-0.4, -0.2) is 25.5 Å². The summed E-state index contributed by atoms with van der Waals surface area (Å²) in [6.45, 7) is 14.8. The first-order valence-corrected chi connectivity index (χ1v) is 8.74. The van der Waals surface area contributed by atoms with E-state index < -0.39 is 0 Å². The fourth-order valence-corrected chi connectivity index (χ4v) is 2.79. The van der Waals surface area contributed by atoms with Crippen molar-refractivity contribution in [2.24, 2.45) is 9.98 Å². The molecule has 2 heteroatoms. The Morgan fingerprint density at radius 2 is 1.20 bits per heavy atom. The molecule has 0 atom stereocenters. The average molecular weight is 337 g/mol. The summed E-state index contributed by atoms with van der Waals surface area (Å²) in [6.07, 6.45) is 10.8. The molecular weight excluding hydrogens is 304 g/mol. The van der Waals surface area contributed by atoms with Gasteiger partial charge < -0.3 is 0 Å². The number of allylic oxidation sites excluding steroid dienone is 12. The summed E-state index contributed by atoms with van der Waals surface area (Å²) < 4.78 is 0. The molecule has 0 N–H and O–H groups in total. The van der Waals surface area contributed by atoms with Crippen molar-refractivity contribution in [1.82, 2.24) is 0 Å². The van der Waals surface area contributed by atoms with Gasteiger partial charge in [0.2, 0.25) is 0 Å². The molecular formula is C23H32N2. The second-order valence-electron chi connectivity index (χ2n) is 6.95. The summed E-state index contributed by atoms with van der Waals surface area (Å²) in [7, 11) is 3.69. The van der Waals surface area contributed by atoms with Crippen molar-refractivity contribution in [2.75, 3.05) is 14.1 Å². The topological polar surface area (TPSA) is 24.7 Å². The minimum Gasteiger partial charge on any atom is -0.286 e. The van der Waals surface area contributed by atoms with Crippen LogP contribution in [0.2, 0.25) is 0 Å². The van der Waals surface area contributed by atoms with Crippen molar-refractivity contribution in [3.8, 4) is 0 Å². The van der Waals surface area contributed by atoms with Crippen LogP contribution < -0.4 is 0 Å². The Balaban J connectivity index is 3.59. The molecule has 0 aromatic heterocycles. The minimum absolute atomic E-state index is 0.962. The summed E-state index contributed by atoms with van der Waals surface area (Å²) in [4.78, 5) is 9.16. The van der Waals surface area contributed by atoms with Gasteiger partial charge in [-0.25, -0.2) is 0 Å². The maximum absolute atomic E-state index is 4.59. The minimum atomic E-state index is 0.962.